The minimum absolute atomic E-state index is 0.158. The van der Waals surface area contributed by atoms with Crippen LogP contribution in [0, 0.1) is 0 Å². The van der Waals surface area contributed by atoms with Crippen molar-refractivity contribution in [3.63, 3.8) is 0 Å². The van der Waals surface area contributed by atoms with Crippen molar-refractivity contribution in [1.29, 1.82) is 0 Å². The van der Waals surface area contributed by atoms with E-state index in [1.165, 1.54) is 0 Å². The highest BCUT2D eigenvalue weighted by atomic mass is 16.4. The number of anilines is 3. The van der Waals surface area contributed by atoms with Crippen LogP contribution in [0.3, 0.4) is 0 Å². The average molecular weight is 790 g/mol. The summed E-state index contributed by atoms with van der Waals surface area (Å²) in [7, 11) is 0. The Balaban J connectivity index is 1.23. The Labute approximate surface area is 350 Å². The molecule has 6 aromatic rings. The summed E-state index contributed by atoms with van der Waals surface area (Å²) in [5.74, 6) is -2.04. The molecule has 7 nitrogen and oxygen atoms in total. The molecule has 2 heterocycles. The maximum Gasteiger partial charge on any atom is 0.323 e. The first kappa shape index (κ1) is 38.5. The normalized spacial score (nSPS) is 18.0. The zero-order chi connectivity index (χ0) is 41.8. The number of carboxylic acid groups (broad SMARTS) is 2. The number of rotatable bonds is 10. The molecule has 1 aliphatic carbocycles. The predicted octanol–water partition coefficient (Wildman–Crippen LogP) is 10.3. The van der Waals surface area contributed by atoms with E-state index in [0.29, 0.717) is 0 Å². The standard InChI is InChI=1S/C53H47N3O4/c1-52(2)45(54(33-47(57)58)43-29-25-35-15-11-13-21-41(35)49(43)52)31-27-37-23-24-38(51(37)56(39-17-7-5-8-18-39)40-19-9-6-10-20-40)28-32-46-53(3,4)50-42-22-14-12-16-36(42)26-30-44(50)55(46)34-48(59)60/h5-22,25-32H,23-24,33-34H2,1-4H3,(H-,57,58,59,60). The van der Waals surface area contributed by atoms with E-state index in [2.05, 4.69) is 124 Å². The molecule has 0 saturated heterocycles. The van der Waals surface area contributed by atoms with E-state index in [0.717, 1.165) is 96.5 Å². The van der Waals surface area contributed by atoms with E-state index in [9.17, 15) is 19.8 Å². The number of carboxylic acids is 2. The highest BCUT2D eigenvalue weighted by molar-refractivity contribution is 6.08. The van der Waals surface area contributed by atoms with Gasteiger partial charge in [0.2, 0.25) is 5.69 Å². The van der Waals surface area contributed by atoms with Crippen LogP contribution in [0.15, 0.2) is 180 Å². The van der Waals surface area contributed by atoms with Gasteiger partial charge in [0, 0.05) is 45.9 Å². The molecule has 0 aromatic heterocycles. The lowest BCUT2D eigenvalue weighted by Crippen LogP contribution is -2.35. The maximum absolute atomic E-state index is 12.4. The topological polar surface area (TPSA) is 86.9 Å². The highest BCUT2D eigenvalue weighted by Gasteiger charge is 2.46. The van der Waals surface area contributed by atoms with E-state index in [1.807, 2.05) is 76.2 Å². The Morgan fingerprint density at radius 2 is 1.28 bits per heavy atom. The summed E-state index contributed by atoms with van der Waals surface area (Å²) in [5, 5.41) is 27.0. The molecule has 1 N–H and O–H groups in total. The quantitative estimate of drug-likeness (QED) is 0.139. The molecular formula is C53H47N3O4. The summed E-state index contributed by atoms with van der Waals surface area (Å²) < 4.78 is 1.90. The molecule has 0 atom stereocenters. The van der Waals surface area contributed by atoms with Crippen LogP contribution in [0.5, 0.6) is 0 Å². The molecule has 7 heteroatoms. The number of hydrogen-bond acceptors (Lipinski definition) is 5. The van der Waals surface area contributed by atoms with Gasteiger partial charge >= 0.3 is 5.97 Å². The van der Waals surface area contributed by atoms with Crippen LogP contribution in [-0.4, -0.2) is 40.4 Å². The number of benzene rings is 6. The zero-order valence-corrected chi connectivity index (χ0v) is 34.4. The van der Waals surface area contributed by atoms with E-state index < -0.39 is 22.8 Å². The predicted molar refractivity (Wildman–Crippen MR) is 240 cm³/mol. The summed E-state index contributed by atoms with van der Waals surface area (Å²) in [6, 6.07) is 45.5. The third-order valence-corrected chi connectivity index (χ3v) is 12.5. The van der Waals surface area contributed by atoms with Crippen LogP contribution in [-0.2, 0) is 20.4 Å². The molecule has 298 valence electrons. The largest absolute Gasteiger partial charge is 0.544 e. The molecule has 0 bridgehead atoms. The van der Waals surface area contributed by atoms with Crippen molar-refractivity contribution in [1.82, 2.24) is 0 Å². The van der Waals surface area contributed by atoms with Crippen molar-refractivity contribution < 1.29 is 24.4 Å². The first-order valence-corrected chi connectivity index (χ1v) is 20.6. The number of para-hydroxylation sites is 2. The van der Waals surface area contributed by atoms with Crippen LogP contribution in [0.2, 0.25) is 0 Å². The SMILES string of the molecule is CC1(C)C(/C=C/C2=C(N(c3ccccc3)c3ccccc3)C(=C/C=C3/N(CC(=O)O)c4ccc5ccccc5c4C3(C)C)/CC2)=[N+](CC(=O)[O-])c2ccc3ccccc3c21. The number of aliphatic carboxylic acids is 2. The van der Waals surface area contributed by atoms with Crippen molar-refractivity contribution in [2.45, 2.75) is 51.4 Å². The second-order valence-electron chi connectivity index (χ2n) is 16.9. The molecule has 60 heavy (non-hydrogen) atoms. The van der Waals surface area contributed by atoms with Crippen molar-refractivity contribution in [3.8, 4) is 0 Å². The molecule has 0 unspecified atom stereocenters. The minimum Gasteiger partial charge on any atom is -0.544 e. The Bertz CT molecular complexity index is 2840. The van der Waals surface area contributed by atoms with Crippen molar-refractivity contribution >= 4 is 61.9 Å². The average Bonchev–Trinajstić information content (AvgIpc) is 3.80. The van der Waals surface area contributed by atoms with Crippen molar-refractivity contribution in [2.24, 2.45) is 0 Å². The van der Waals surface area contributed by atoms with Gasteiger partial charge in [-0.25, -0.2) is 0 Å². The summed E-state index contributed by atoms with van der Waals surface area (Å²) in [6.45, 7) is 8.29. The van der Waals surface area contributed by atoms with Crippen LogP contribution < -0.4 is 14.9 Å². The van der Waals surface area contributed by atoms with Crippen molar-refractivity contribution in [3.05, 3.63) is 191 Å². The molecule has 3 aliphatic rings. The zero-order valence-electron chi connectivity index (χ0n) is 34.4. The van der Waals surface area contributed by atoms with Crippen LogP contribution in [0.25, 0.3) is 21.5 Å². The van der Waals surface area contributed by atoms with Crippen molar-refractivity contribution in [2.75, 3.05) is 22.9 Å². The molecule has 0 saturated carbocycles. The van der Waals surface area contributed by atoms with Gasteiger partial charge < -0.3 is 24.8 Å². The molecule has 2 aliphatic heterocycles. The first-order chi connectivity index (χ1) is 28.9. The van der Waals surface area contributed by atoms with E-state index in [-0.39, 0.29) is 13.1 Å². The lowest BCUT2D eigenvalue weighted by atomic mass is 9.79. The molecule has 0 fully saturated rings. The Morgan fingerprint density at radius 3 is 1.90 bits per heavy atom. The summed E-state index contributed by atoms with van der Waals surface area (Å²) in [6.07, 6.45) is 10.1. The molecular weight excluding hydrogens is 743 g/mol. The summed E-state index contributed by atoms with van der Waals surface area (Å²) in [5.41, 5.74) is 10.1. The smallest absolute Gasteiger partial charge is 0.323 e. The number of fused-ring (bicyclic) bond motifs is 6. The molecule has 0 spiro atoms. The summed E-state index contributed by atoms with van der Waals surface area (Å²) in [4.78, 5) is 29.0. The summed E-state index contributed by atoms with van der Waals surface area (Å²) >= 11 is 0. The fourth-order valence-corrected chi connectivity index (χ4v) is 9.92. The van der Waals surface area contributed by atoms with Gasteiger partial charge in [-0.2, -0.15) is 4.58 Å². The van der Waals surface area contributed by atoms with E-state index in [1.54, 1.807) is 0 Å². The van der Waals surface area contributed by atoms with Crippen LogP contribution >= 0.6 is 0 Å². The van der Waals surface area contributed by atoms with Gasteiger partial charge in [0.1, 0.15) is 12.5 Å². The molecule has 9 rings (SSSR count). The third kappa shape index (κ3) is 6.51. The van der Waals surface area contributed by atoms with Gasteiger partial charge in [0.25, 0.3) is 0 Å². The van der Waals surface area contributed by atoms with Crippen LogP contribution in [0.4, 0.5) is 22.7 Å². The van der Waals surface area contributed by atoms with E-state index in [4.69, 9.17) is 0 Å². The maximum atomic E-state index is 12.4. The Hall–Kier alpha value is -6.99. The fourth-order valence-electron chi connectivity index (χ4n) is 9.92. The number of nitrogens with zero attached hydrogens (tertiary/aromatic N) is 3. The highest BCUT2D eigenvalue weighted by Crippen LogP contribution is 2.51. The number of carbonyl (C=O) groups excluding carboxylic acids is 1. The van der Waals surface area contributed by atoms with Gasteiger partial charge in [0.15, 0.2) is 12.3 Å². The molecule has 0 amide bonds. The third-order valence-electron chi connectivity index (χ3n) is 12.5. The van der Waals surface area contributed by atoms with Gasteiger partial charge in [-0.15, -0.1) is 0 Å². The lowest BCUT2D eigenvalue weighted by Gasteiger charge is -2.29. The minimum atomic E-state index is -1.14. The lowest BCUT2D eigenvalue weighted by molar-refractivity contribution is -0.447. The monoisotopic (exact) mass is 789 g/mol. The second kappa shape index (κ2) is 15.0. The van der Waals surface area contributed by atoms with Gasteiger partial charge in [-0.1, -0.05) is 117 Å². The Kier molecular flexibility index (Phi) is 9.63. The molecule has 0 radical (unpaired) electrons. The van der Waals surface area contributed by atoms with Gasteiger partial charge in [-0.3, -0.25) is 4.79 Å². The first-order valence-electron chi connectivity index (χ1n) is 20.6. The molecule has 6 aromatic carbocycles. The second-order valence-corrected chi connectivity index (χ2v) is 16.9. The number of allylic oxidation sites excluding steroid dienone is 7. The van der Waals surface area contributed by atoms with Gasteiger partial charge in [-0.05, 0) is 107 Å². The Morgan fingerprint density at radius 1 is 0.700 bits per heavy atom. The van der Waals surface area contributed by atoms with Crippen LogP contribution in [0.1, 0.15) is 51.7 Å². The number of carbonyl (C=O) groups is 2. The number of hydrogen-bond donors (Lipinski definition) is 1. The van der Waals surface area contributed by atoms with E-state index >= 15 is 0 Å². The van der Waals surface area contributed by atoms with Gasteiger partial charge in [0.05, 0.1) is 11.1 Å². The fraction of sp³-hybridized carbons (Fsp3) is 0.189.